The summed E-state index contributed by atoms with van der Waals surface area (Å²) in [5.74, 6) is -0.776. The molecule has 5 nitrogen and oxygen atoms in total. The molecule has 2 aliphatic rings. The highest BCUT2D eigenvalue weighted by Gasteiger charge is 2.49. The maximum absolute atomic E-state index is 12.5. The third kappa shape index (κ3) is 4.27. The quantitative estimate of drug-likeness (QED) is 0.553. The predicted octanol–water partition coefficient (Wildman–Crippen LogP) is 4.04. The molecular formula is C19H32O5Si. The van der Waals surface area contributed by atoms with E-state index in [0.717, 1.165) is 12.2 Å². The van der Waals surface area contributed by atoms with Crippen molar-refractivity contribution in [3.05, 3.63) is 11.8 Å². The Morgan fingerprint density at radius 1 is 1.36 bits per heavy atom. The maximum Gasteiger partial charge on any atom is 0.310 e. The largest absolute Gasteiger partial charge is 0.547 e. The van der Waals surface area contributed by atoms with Crippen molar-refractivity contribution < 1.29 is 23.5 Å². The first-order valence-corrected chi connectivity index (χ1v) is 12.1. The fourth-order valence-electron chi connectivity index (χ4n) is 3.35. The molecule has 4 atom stereocenters. The van der Waals surface area contributed by atoms with Gasteiger partial charge in [-0.25, -0.2) is 0 Å². The lowest BCUT2D eigenvalue weighted by molar-refractivity contribution is -0.173. The highest BCUT2D eigenvalue weighted by Crippen LogP contribution is 2.45. The zero-order chi connectivity index (χ0) is 19.0. The van der Waals surface area contributed by atoms with Gasteiger partial charge < -0.3 is 13.9 Å². The molecule has 0 bridgehead atoms. The van der Waals surface area contributed by atoms with Crippen LogP contribution >= 0.6 is 0 Å². The standard InChI is InChI=1S/C19H32O5Si/c1-8-22-17(20)15-11-14(24-25(6,7)19(3,4)5)10-13-9-12(2)23-18(21)16(13)15/h10,12-13,15-16H,8-9,11H2,1-7H3/t12-,13-,15-,16-/m1/s1. The van der Waals surface area contributed by atoms with Crippen LogP contribution in [0.5, 0.6) is 0 Å². The third-order valence-electron chi connectivity index (χ3n) is 5.69. The number of ether oxygens (including phenoxy) is 2. The van der Waals surface area contributed by atoms with Gasteiger partial charge in [-0.3, -0.25) is 9.59 Å². The highest BCUT2D eigenvalue weighted by molar-refractivity contribution is 6.74. The van der Waals surface area contributed by atoms with Crippen LogP contribution in [0.1, 0.15) is 47.5 Å². The van der Waals surface area contributed by atoms with Crippen LogP contribution < -0.4 is 0 Å². The lowest BCUT2D eigenvalue weighted by Crippen LogP contribution is -2.47. The second kappa shape index (κ2) is 7.14. The lowest BCUT2D eigenvalue weighted by atomic mass is 9.72. The third-order valence-corrected chi connectivity index (χ3v) is 10.1. The van der Waals surface area contributed by atoms with Crippen LogP contribution in [0.3, 0.4) is 0 Å². The topological polar surface area (TPSA) is 61.8 Å². The van der Waals surface area contributed by atoms with Gasteiger partial charge in [0.2, 0.25) is 8.32 Å². The molecule has 0 N–H and O–H groups in total. The summed E-state index contributed by atoms with van der Waals surface area (Å²) in [6.07, 6.45) is 3.06. The molecule has 1 aliphatic heterocycles. The highest BCUT2D eigenvalue weighted by atomic mass is 28.4. The van der Waals surface area contributed by atoms with E-state index in [9.17, 15) is 9.59 Å². The molecule has 6 heteroatoms. The fourth-order valence-corrected chi connectivity index (χ4v) is 4.46. The average molecular weight is 369 g/mol. The van der Waals surface area contributed by atoms with E-state index in [-0.39, 0.29) is 29.0 Å². The van der Waals surface area contributed by atoms with Crippen LogP contribution in [0.25, 0.3) is 0 Å². The Morgan fingerprint density at radius 3 is 2.56 bits per heavy atom. The molecule has 2 rings (SSSR count). The molecule has 0 unspecified atom stereocenters. The molecule has 1 heterocycles. The molecule has 0 amide bonds. The van der Waals surface area contributed by atoms with Crippen LogP contribution in [0.4, 0.5) is 0 Å². The first kappa shape index (κ1) is 20.0. The van der Waals surface area contributed by atoms with Gasteiger partial charge in [0.25, 0.3) is 0 Å². The minimum atomic E-state index is -2.00. The lowest BCUT2D eigenvalue weighted by Gasteiger charge is -2.43. The Balaban J connectivity index is 2.31. The number of allylic oxidation sites excluding steroid dienone is 2. The van der Waals surface area contributed by atoms with Gasteiger partial charge in [-0.2, -0.15) is 0 Å². The van der Waals surface area contributed by atoms with Gasteiger partial charge in [0.1, 0.15) is 0 Å². The predicted molar refractivity (Wildman–Crippen MR) is 98.3 cm³/mol. The number of hydrogen-bond acceptors (Lipinski definition) is 5. The van der Waals surface area contributed by atoms with Gasteiger partial charge in [0.15, 0.2) is 0 Å². The molecule has 0 radical (unpaired) electrons. The van der Waals surface area contributed by atoms with Crippen LogP contribution in [0, 0.1) is 17.8 Å². The van der Waals surface area contributed by atoms with Crippen molar-refractivity contribution >= 4 is 20.3 Å². The van der Waals surface area contributed by atoms with Gasteiger partial charge in [-0.05, 0) is 50.4 Å². The van der Waals surface area contributed by atoms with Gasteiger partial charge in [-0.15, -0.1) is 0 Å². The summed E-state index contributed by atoms with van der Waals surface area (Å²) in [6.45, 7) is 14.9. The molecule has 1 fully saturated rings. The van der Waals surface area contributed by atoms with Crippen molar-refractivity contribution in [2.45, 2.75) is 71.7 Å². The van der Waals surface area contributed by atoms with Crippen LogP contribution in [-0.2, 0) is 23.5 Å². The van der Waals surface area contributed by atoms with Crippen molar-refractivity contribution in [2.24, 2.45) is 17.8 Å². The minimum absolute atomic E-state index is 0.0285. The van der Waals surface area contributed by atoms with Crippen LogP contribution in [0.2, 0.25) is 18.1 Å². The summed E-state index contributed by atoms with van der Waals surface area (Å²) in [6, 6.07) is 0. The Hall–Kier alpha value is -1.30. The molecule has 1 saturated heterocycles. The smallest absolute Gasteiger partial charge is 0.310 e. The number of carbonyl (C=O) groups excluding carboxylic acids is 2. The van der Waals surface area contributed by atoms with Crippen molar-refractivity contribution in [1.82, 2.24) is 0 Å². The van der Waals surface area contributed by atoms with E-state index in [0.29, 0.717) is 13.0 Å². The second-order valence-corrected chi connectivity index (χ2v) is 13.5. The number of esters is 2. The second-order valence-electron chi connectivity index (χ2n) is 8.73. The van der Waals surface area contributed by atoms with E-state index in [2.05, 4.69) is 39.9 Å². The number of carbonyl (C=O) groups is 2. The van der Waals surface area contributed by atoms with E-state index < -0.39 is 20.2 Å². The number of fused-ring (bicyclic) bond motifs is 1. The molecule has 142 valence electrons. The molecular weight excluding hydrogens is 336 g/mol. The molecule has 0 aromatic heterocycles. The van der Waals surface area contributed by atoms with Crippen molar-refractivity contribution in [2.75, 3.05) is 6.61 Å². The van der Waals surface area contributed by atoms with Crippen molar-refractivity contribution in [3.8, 4) is 0 Å². The summed E-state index contributed by atoms with van der Waals surface area (Å²) in [7, 11) is -2.00. The van der Waals surface area contributed by atoms with Crippen LogP contribution in [-0.4, -0.2) is 33.0 Å². The Labute approximate surface area is 152 Å². The first-order valence-electron chi connectivity index (χ1n) is 9.23. The van der Waals surface area contributed by atoms with E-state index in [1.165, 1.54) is 0 Å². The first-order chi connectivity index (χ1) is 11.5. The SMILES string of the molecule is CCOC(=O)[C@@H]1CC(O[Si](C)(C)C(C)(C)C)=C[C@H]2C[C@@H](C)OC(=O)[C@H]21. The Kier molecular flexibility index (Phi) is 5.71. The zero-order valence-electron chi connectivity index (χ0n) is 16.5. The van der Waals surface area contributed by atoms with Gasteiger partial charge in [0.05, 0.1) is 30.3 Å². The van der Waals surface area contributed by atoms with Crippen LogP contribution in [0.15, 0.2) is 11.8 Å². The molecule has 0 aromatic carbocycles. The van der Waals surface area contributed by atoms with Gasteiger partial charge in [-0.1, -0.05) is 20.8 Å². The maximum atomic E-state index is 12.5. The number of cyclic esters (lactones) is 1. The number of hydrogen-bond donors (Lipinski definition) is 0. The summed E-state index contributed by atoms with van der Waals surface area (Å²) in [4.78, 5) is 24.9. The Morgan fingerprint density at radius 2 is 2.00 bits per heavy atom. The summed E-state index contributed by atoms with van der Waals surface area (Å²) in [5.41, 5.74) is 0. The zero-order valence-corrected chi connectivity index (χ0v) is 17.5. The molecule has 25 heavy (non-hydrogen) atoms. The van der Waals surface area contributed by atoms with Crippen molar-refractivity contribution in [1.29, 1.82) is 0 Å². The summed E-state index contributed by atoms with van der Waals surface area (Å²) >= 11 is 0. The summed E-state index contributed by atoms with van der Waals surface area (Å²) in [5, 5.41) is 0.0723. The minimum Gasteiger partial charge on any atom is -0.547 e. The number of rotatable bonds is 4. The Bertz CT molecular complexity index is 561. The van der Waals surface area contributed by atoms with Crippen molar-refractivity contribution in [3.63, 3.8) is 0 Å². The van der Waals surface area contributed by atoms with E-state index >= 15 is 0 Å². The molecule has 1 aliphatic carbocycles. The summed E-state index contributed by atoms with van der Waals surface area (Å²) < 4.78 is 17.1. The fraction of sp³-hybridized carbons (Fsp3) is 0.789. The van der Waals surface area contributed by atoms with Gasteiger partial charge >= 0.3 is 11.9 Å². The molecule has 0 spiro atoms. The van der Waals surface area contributed by atoms with E-state index in [1.54, 1.807) is 6.92 Å². The van der Waals surface area contributed by atoms with E-state index in [4.69, 9.17) is 13.9 Å². The normalized spacial score (nSPS) is 30.0. The average Bonchev–Trinajstić information content (AvgIpc) is 2.44. The van der Waals surface area contributed by atoms with E-state index in [1.807, 2.05) is 6.92 Å². The van der Waals surface area contributed by atoms with Gasteiger partial charge in [0, 0.05) is 6.42 Å². The molecule has 0 aromatic rings. The molecule has 0 saturated carbocycles. The monoisotopic (exact) mass is 368 g/mol.